The van der Waals surface area contributed by atoms with Crippen molar-refractivity contribution in [2.75, 3.05) is 0 Å². The van der Waals surface area contributed by atoms with Crippen LogP contribution in [0.1, 0.15) is 28.7 Å². The average Bonchev–Trinajstić information content (AvgIpc) is 2.97. The van der Waals surface area contributed by atoms with Crippen molar-refractivity contribution in [1.29, 1.82) is 0 Å². The first-order valence-electron chi connectivity index (χ1n) is 7.95. The van der Waals surface area contributed by atoms with E-state index in [0.717, 1.165) is 6.42 Å². The molecule has 1 aliphatic carbocycles. The molecule has 0 bridgehead atoms. The average molecular weight is 366 g/mol. The summed E-state index contributed by atoms with van der Waals surface area (Å²) >= 11 is -0.502. The molecule has 0 fully saturated rings. The Bertz CT molecular complexity index is 708. The monoisotopic (exact) mass is 364 g/mol. The summed E-state index contributed by atoms with van der Waals surface area (Å²) in [6.45, 7) is 4.50. The molecule has 0 nitrogen and oxygen atoms in total. The van der Waals surface area contributed by atoms with E-state index in [-0.39, 0.29) is 0 Å². The zero-order valence-electron chi connectivity index (χ0n) is 13.4. The van der Waals surface area contributed by atoms with Gasteiger partial charge < -0.3 is 0 Å². The molecule has 0 spiro atoms. The molecule has 2 aromatic rings. The molecule has 0 aliphatic heterocycles. The second-order valence-electron chi connectivity index (χ2n) is 5.99. The molecule has 0 radical (unpaired) electrons. The van der Waals surface area contributed by atoms with Crippen molar-refractivity contribution in [2.24, 2.45) is 0 Å². The number of allylic oxidation sites excluding steroid dienone is 4. The Hall–Kier alpha value is -1.20. The summed E-state index contributed by atoms with van der Waals surface area (Å²) in [5, 5.41) is 0. The summed E-state index contributed by atoms with van der Waals surface area (Å²) in [4.78, 5) is 0. The van der Waals surface area contributed by atoms with Crippen LogP contribution in [0.3, 0.4) is 0 Å². The Balaban J connectivity index is 1.71. The standard InChI is InChI=1S/C12H11.C9H11.Zr/c1-2-6-11(7-3-1)10-12-8-4-5-9-12;1-7-5-4-6-8(2)9(7)3;/h1-4,6-8H,5,10H2;4-6H,1H2,2-3H3;. The maximum absolute atomic E-state index is 2.37. The first-order valence-corrected chi connectivity index (χ1v) is 10.9. The van der Waals surface area contributed by atoms with Crippen LogP contribution in [0.15, 0.2) is 69.5 Å². The van der Waals surface area contributed by atoms with Gasteiger partial charge in [-0.1, -0.05) is 0 Å². The van der Waals surface area contributed by atoms with Gasteiger partial charge in [0.2, 0.25) is 0 Å². The van der Waals surface area contributed by atoms with Crippen LogP contribution in [0.2, 0.25) is 0 Å². The molecule has 1 aliphatic rings. The Morgan fingerprint density at radius 2 is 1.77 bits per heavy atom. The van der Waals surface area contributed by atoms with Gasteiger partial charge in [-0.3, -0.25) is 0 Å². The molecule has 0 unspecified atom stereocenters. The van der Waals surface area contributed by atoms with Crippen LogP contribution < -0.4 is 0 Å². The van der Waals surface area contributed by atoms with Crippen molar-refractivity contribution in [3.63, 3.8) is 0 Å². The molecule has 0 saturated carbocycles. The summed E-state index contributed by atoms with van der Waals surface area (Å²) in [5.41, 5.74) is 7.54. The topological polar surface area (TPSA) is 0 Å². The Morgan fingerprint density at radius 3 is 2.59 bits per heavy atom. The van der Waals surface area contributed by atoms with Crippen LogP contribution in [-0.4, -0.2) is 0 Å². The summed E-state index contributed by atoms with van der Waals surface area (Å²) in [7, 11) is 0. The zero-order valence-corrected chi connectivity index (χ0v) is 15.9. The van der Waals surface area contributed by atoms with Gasteiger partial charge in [0.25, 0.3) is 0 Å². The summed E-state index contributed by atoms with van der Waals surface area (Å²) in [6.07, 6.45) is 7.04. The van der Waals surface area contributed by atoms with E-state index >= 15 is 0 Å². The van der Waals surface area contributed by atoms with Crippen molar-refractivity contribution in [3.05, 3.63) is 91.8 Å². The van der Waals surface area contributed by atoms with Gasteiger partial charge in [-0.25, -0.2) is 0 Å². The van der Waals surface area contributed by atoms with Crippen LogP contribution in [0.5, 0.6) is 0 Å². The van der Waals surface area contributed by atoms with Crippen LogP contribution in [-0.2, 0) is 33.8 Å². The van der Waals surface area contributed by atoms with Crippen molar-refractivity contribution in [3.8, 4) is 0 Å². The number of hydrogen-bond donors (Lipinski definition) is 0. The van der Waals surface area contributed by atoms with Gasteiger partial charge in [0, 0.05) is 0 Å². The van der Waals surface area contributed by atoms with Crippen molar-refractivity contribution >= 4 is 0 Å². The Kier molecular flexibility index (Phi) is 5.26. The number of benzene rings is 2. The van der Waals surface area contributed by atoms with Gasteiger partial charge >= 0.3 is 146 Å². The Morgan fingerprint density at radius 1 is 0.955 bits per heavy atom. The molecule has 0 heterocycles. The molecular weight excluding hydrogens is 343 g/mol. The molecule has 3 rings (SSSR count). The number of aryl methyl sites for hydroxylation is 1. The number of hydrogen-bond acceptors (Lipinski definition) is 0. The minimum absolute atomic E-state index is 0.502. The molecule has 0 aromatic heterocycles. The van der Waals surface area contributed by atoms with Crippen LogP contribution in [0.25, 0.3) is 0 Å². The maximum atomic E-state index is 2.37. The third kappa shape index (κ3) is 3.76. The molecule has 0 atom stereocenters. The fourth-order valence-electron chi connectivity index (χ4n) is 2.92. The van der Waals surface area contributed by atoms with Gasteiger partial charge in [0.05, 0.1) is 0 Å². The van der Waals surface area contributed by atoms with E-state index in [1.807, 2.05) is 0 Å². The van der Waals surface area contributed by atoms with Gasteiger partial charge in [-0.05, 0) is 0 Å². The first kappa shape index (κ1) is 15.7. The first-order chi connectivity index (χ1) is 10.7. The normalized spacial score (nSPS) is 13.7. The predicted molar refractivity (Wildman–Crippen MR) is 90.5 cm³/mol. The van der Waals surface area contributed by atoms with Gasteiger partial charge in [0.15, 0.2) is 0 Å². The van der Waals surface area contributed by atoms with Crippen LogP contribution >= 0.6 is 0 Å². The molecule has 22 heavy (non-hydrogen) atoms. The molecule has 1 heteroatoms. The van der Waals surface area contributed by atoms with Gasteiger partial charge in [-0.2, -0.15) is 0 Å². The third-order valence-electron chi connectivity index (χ3n) is 4.48. The number of rotatable bonds is 5. The van der Waals surface area contributed by atoms with E-state index in [1.165, 1.54) is 27.2 Å². The van der Waals surface area contributed by atoms with E-state index in [4.69, 9.17) is 0 Å². The van der Waals surface area contributed by atoms with E-state index in [2.05, 4.69) is 74.5 Å². The SMILES string of the molecule is Cc1cccc([CH2][Zr][C]2=C(Cc3ccccc3)C=CC2)c1C. The third-order valence-corrected chi connectivity index (χ3v) is 8.19. The summed E-state index contributed by atoms with van der Waals surface area (Å²) < 4.78 is 3.11. The molecule has 2 aromatic carbocycles. The summed E-state index contributed by atoms with van der Waals surface area (Å²) in [5.74, 6) is 0. The van der Waals surface area contributed by atoms with E-state index in [1.54, 1.807) is 14.4 Å². The molecule has 110 valence electrons. The van der Waals surface area contributed by atoms with Gasteiger partial charge in [-0.15, -0.1) is 0 Å². The van der Waals surface area contributed by atoms with Crippen LogP contribution in [0.4, 0.5) is 0 Å². The molecule has 0 saturated heterocycles. The molecule has 0 amide bonds. The fourth-order valence-corrected chi connectivity index (χ4v) is 6.48. The second kappa shape index (κ2) is 7.38. The van der Waals surface area contributed by atoms with Gasteiger partial charge in [0.1, 0.15) is 0 Å². The van der Waals surface area contributed by atoms with Crippen molar-refractivity contribution in [1.82, 2.24) is 0 Å². The zero-order chi connectivity index (χ0) is 15.4. The fraction of sp³-hybridized carbons (Fsp3) is 0.238. The van der Waals surface area contributed by atoms with E-state index in [0.29, 0.717) is 0 Å². The van der Waals surface area contributed by atoms with Crippen molar-refractivity contribution < 1.29 is 23.2 Å². The summed E-state index contributed by atoms with van der Waals surface area (Å²) in [6, 6.07) is 17.6. The second-order valence-corrected chi connectivity index (χ2v) is 9.21. The molecule has 0 N–H and O–H groups in total. The predicted octanol–water partition coefficient (Wildman–Crippen LogP) is 5.34. The molecular formula is C21H22Zr. The minimum atomic E-state index is -0.502. The van der Waals surface area contributed by atoms with E-state index < -0.39 is 23.2 Å². The quantitative estimate of drug-likeness (QED) is 0.670. The Labute approximate surface area is 145 Å². The van der Waals surface area contributed by atoms with Crippen LogP contribution in [0, 0.1) is 13.8 Å². The van der Waals surface area contributed by atoms with E-state index in [9.17, 15) is 0 Å². The van der Waals surface area contributed by atoms with Crippen molar-refractivity contribution in [2.45, 2.75) is 30.8 Å².